The number of nitrogens with one attached hydrogen (secondary N) is 3. The maximum atomic E-state index is 13.1. The smallest absolute Gasteiger partial charge is 0.237 e. The van der Waals surface area contributed by atoms with Gasteiger partial charge in [0.1, 0.15) is 0 Å². The summed E-state index contributed by atoms with van der Waals surface area (Å²) in [5, 5.41) is 10.0. The third-order valence-corrected chi connectivity index (χ3v) is 7.56. The minimum Gasteiger partial charge on any atom is -0.378 e. The van der Waals surface area contributed by atoms with E-state index in [2.05, 4.69) is 73.2 Å². The highest BCUT2D eigenvalue weighted by atomic mass is 16.5. The van der Waals surface area contributed by atoms with Crippen LogP contribution in [0.25, 0.3) is 11.3 Å². The summed E-state index contributed by atoms with van der Waals surface area (Å²) in [5.74, 6) is 0.682. The van der Waals surface area contributed by atoms with Crippen LogP contribution in [0.1, 0.15) is 24.0 Å². The molecule has 4 aliphatic heterocycles. The van der Waals surface area contributed by atoms with Crippen LogP contribution >= 0.6 is 0 Å². The maximum Gasteiger partial charge on any atom is 0.237 e. The first kappa shape index (κ1) is 24.8. The molecule has 3 aromatic rings. The molecule has 0 radical (unpaired) electrons. The molecule has 7 rings (SSSR count). The van der Waals surface area contributed by atoms with Crippen LogP contribution in [0.4, 0.5) is 17.3 Å². The lowest BCUT2D eigenvalue weighted by atomic mass is 10.1. The normalized spacial score (nSPS) is 20.9. The molecule has 2 fully saturated rings. The van der Waals surface area contributed by atoms with E-state index in [4.69, 9.17) is 9.72 Å². The molecule has 9 heteroatoms. The number of ether oxygens (including phenoxy) is 1. The van der Waals surface area contributed by atoms with Gasteiger partial charge in [-0.2, -0.15) is 0 Å². The topological polar surface area (TPSA) is 94.6 Å². The number of aromatic nitrogens is 2. The minimum absolute atomic E-state index is 0.109. The van der Waals surface area contributed by atoms with E-state index in [1.807, 2.05) is 6.07 Å². The van der Waals surface area contributed by atoms with Crippen LogP contribution in [0.2, 0.25) is 0 Å². The van der Waals surface area contributed by atoms with Crippen molar-refractivity contribution in [3.63, 3.8) is 0 Å². The summed E-state index contributed by atoms with van der Waals surface area (Å²) in [7, 11) is 0. The summed E-state index contributed by atoms with van der Waals surface area (Å²) in [6.07, 6.45) is 3.71. The first-order chi connectivity index (χ1) is 18.7. The lowest BCUT2D eigenvalue weighted by molar-refractivity contribution is -0.125. The van der Waals surface area contributed by atoms with Gasteiger partial charge in [0.15, 0.2) is 0 Å². The van der Waals surface area contributed by atoms with E-state index in [0.717, 1.165) is 75.7 Å². The highest BCUT2D eigenvalue weighted by molar-refractivity contribution is 5.82. The minimum atomic E-state index is -0.109. The van der Waals surface area contributed by atoms with E-state index in [1.165, 1.54) is 16.8 Å². The Kier molecular flexibility index (Phi) is 7.48. The predicted octanol–water partition coefficient (Wildman–Crippen LogP) is 2.91. The van der Waals surface area contributed by atoms with Crippen molar-refractivity contribution in [3.8, 4) is 11.3 Å². The first-order valence-corrected chi connectivity index (χ1v) is 13.6. The molecule has 3 N–H and O–H groups in total. The Morgan fingerprint density at radius 3 is 2.71 bits per heavy atom. The fourth-order valence-corrected chi connectivity index (χ4v) is 5.56. The Hall–Kier alpha value is -3.53. The van der Waals surface area contributed by atoms with Crippen molar-refractivity contribution in [1.29, 1.82) is 0 Å². The van der Waals surface area contributed by atoms with Gasteiger partial charge in [-0.05, 0) is 54.8 Å². The number of fused-ring (bicyclic) bond motifs is 7. The summed E-state index contributed by atoms with van der Waals surface area (Å²) >= 11 is 0. The Labute approximate surface area is 223 Å². The SMILES string of the molecule is O=C1NCCNCc2ccc(cc2)-c2ccnc(n2)Nc2ccc(N3CCOCC3)c(c2)CN2CCC[C@@H]12. The van der Waals surface area contributed by atoms with Crippen LogP contribution in [0.3, 0.4) is 0 Å². The van der Waals surface area contributed by atoms with Gasteiger partial charge < -0.3 is 25.6 Å². The van der Waals surface area contributed by atoms with Crippen LogP contribution in [0, 0.1) is 0 Å². The van der Waals surface area contributed by atoms with Gasteiger partial charge in [0.25, 0.3) is 0 Å². The van der Waals surface area contributed by atoms with E-state index >= 15 is 0 Å². The Balaban J connectivity index is 1.34. The molecule has 6 bridgehead atoms. The fraction of sp³-hybridized carbons (Fsp3) is 0.414. The van der Waals surface area contributed by atoms with Crippen LogP contribution in [-0.2, 0) is 22.6 Å². The molecule has 4 aliphatic rings. The summed E-state index contributed by atoms with van der Waals surface area (Å²) in [5.41, 5.74) is 6.45. The van der Waals surface area contributed by atoms with E-state index in [9.17, 15) is 4.79 Å². The first-order valence-electron chi connectivity index (χ1n) is 13.6. The van der Waals surface area contributed by atoms with E-state index in [-0.39, 0.29) is 11.9 Å². The van der Waals surface area contributed by atoms with Crippen LogP contribution in [-0.4, -0.2) is 72.8 Å². The average molecular weight is 514 g/mol. The third-order valence-electron chi connectivity index (χ3n) is 7.56. The molecule has 198 valence electrons. The number of rotatable bonds is 1. The number of nitrogens with zero attached hydrogens (tertiary/aromatic N) is 4. The van der Waals surface area contributed by atoms with Gasteiger partial charge in [-0.3, -0.25) is 9.69 Å². The summed E-state index contributed by atoms with van der Waals surface area (Å²) in [6, 6.07) is 16.7. The van der Waals surface area contributed by atoms with Crippen molar-refractivity contribution in [2.75, 3.05) is 56.2 Å². The molecule has 1 aromatic heterocycles. The molecule has 2 aromatic carbocycles. The monoisotopic (exact) mass is 513 g/mol. The van der Waals surface area contributed by atoms with Gasteiger partial charge in [0.05, 0.1) is 24.9 Å². The Morgan fingerprint density at radius 2 is 1.84 bits per heavy atom. The number of morpholine rings is 1. The van der Waals surface area contributed by atoms with Crippen LogP contribution < -0.4 is 20.9 Å². The highest BCUT2D eigenvalue weighted by Gasteiger charge is 2.31. The second kappa shape index (κ2) is 11.5. The summed E-state index contributed by atoms with van der Waals surface area (Å²) in [6.45, 7) is 6.90. The lowest BCUT2D eigenvalue weighted by Gasteiger charge is -2.32. The molecule has 0 unspecified atom stereocenters. The van der Waals surface area contributed by atoms with Crippen molar-refractivity contribution in [1.82, 2.24) is 25.5 Å². The standard InChI is InChI=1S/C29H35N7O2/c37-28-27-2-1-13-36(27)20-23-18-24(7-8-26(23)35-14-16-38-17-15-35)33-29-32-10-9-25(34-29)22-5-3-21(4-6-22)19-30-11-12-31-28/h3-10,18,27,30H,1-2,11-17,19-20H2,(H,31,37)(H,32,33,34)/t27-/m0/s1. The van der Waals surface area contributed by atoms with Gasteiger partial charge in [-0.1, -0.05) is 24.3 Å². The number of benzene rings is 2. The number of carbonyl (C=O) groups excluding carboxylic acids is 1. The maximum absolute atomic E-state index is 13.1. The van der Waals surface area contributed by atoms with Gasteiger partial charge in [-0.25, -0.2) is 9.97 Å². The van der Waals surface area contributed by atoms with Gasteiger partial charge in [0, 0.05) is 62.4 Å². The number of carbonyl (C=O) groups is 1. The number of amides is 1. The van der Waals surface area contributed by atoms with Crippen molar-refractivity contribution >= 4 is 23.2 Å². The number of anilines is 3. The fourth-order valence-electron chi connectivity index (χ4n) is 5.56. The molecule has 1 amide bonds. The van der Waals surface area contributed by atoms with E-state index in [1.54, 1.807) is 6.20 Å². The molecule has 9 nitrogen and oxygen atoms in total. The number of hydrogen-bond donors (Lipinski definition) is 3. The molecule has 38 heavy (non-hydrogen) atoms. The van der Waals surface area contributed by atoms with E-state index in [0.29, 0.717) is 19.0 Å². The summed E-state index contributed by atoms with van der Waals surface area (Å²) < 4.78 is 5.60. The van der Waals surface area contributed by atoms with Gasteiger partial charge in [0.2, 0.25) is 11.9 Å². The third kappa shape index (κ3) is 5.65. The summed E-state index contributed by atoms with van der Waals surface area (Å²) in [4.78, 5) is 27.1. The predicted molar refractivity (Wildman–Crippen MR) is 148 cm³/mol. The molecule has 0 spiro atoms. The lowest BCUT2D eigenvalue weighted by Crippen LogP contribution is -2.45. The van der Waals surface area contributed by atoms with Crippen molar-refractivity contribution in [2.24, 2.45) is 0 Å². The molecule has 2 saturated heterocycles. The number of hydrogen-bond acceptors (Lipinski definition) is 8. The van der Waals surface area contributed by atoms with Gasteiger partial charge in [-0.15, -0.1) is 0 Å². The quantitative estimate of drug-likeness (QED) is 0.457. The van der Waals surface area contributed by atoms with Crippen LogP contribution in [0.15, 0.2) is 54.7 Å². The van der Waals surface area contributed by atoms with Crippen molar-refractivity contribution < 1.29 is 9.53 Å². The molecular formula is C29H35N7O2. The highest BCUT2D eigenvalue weighted by Crippen LogP contribution is 2.30. The zero-order valence-corrected chi connectivity index (χ0v) is 21.7. The molecule has 5 heterocycles. The second-order valence-corrected chi connectivity index (χ2v) is 10.1. The Bertz CT molecular complexity index is 1260. The second-order valence-electron chi connectivity index (χ2n) is 10.1. The molecular weight excluding hydrogens is 478 g/mol. The van der Waals surface area contributed by atoms with Gasteiger partial charge >= 0.3 is 0 Å². The molecule has 0 saturated carbocycles. The zero-order valence-electron chi connectivity index (χ0n) is 21.7. The van der Waals surface area contributed by atoms with Crippen LogP contribution in [0.5, 0.6) is 0 Å². The molecule has 0 aliphatic carbocycles. The largest absolute Gasteiger partial charge is 0.378 e. The average Bonchev–Trinajstić information content (AvgIpc) is 3.42. The van der Waals surface area contributed by atoms with Crippen molar-refractivity contribution in [3.05, 3.63) is 65.9 Å². The molecule has 1 atom stereocenters. The van der Waals surface area contributed by atoms with Crippen molar-refractivity contribution in [2.45, 2.75) is 32.0 Å². The van der Waals surface area contributed by atoms with E-state index < -0.39 is 0 Å². The zero-order chi connectivity index (χ0) is 25.7. The Morgan fingerprint density at radius 1 is 0.974 bits per heavy atom.